The van der Waals surface area contributed by atoms with Gasteiger partial charge in [-0.1, -0.05) is 13.8 Å². The van der Waals surface area contributed by atoms with Crippen molar-refractivity contribution in [3.63, 3.8) is 0 Å². The van der Waals surface area contributed by atoms with Gasteiger partial charge in [0.05, 0.1) is 0 Å². The smallest absolute Gasteiger partial charge is 0.0223 e. The maximum absolute atomic E-state index is 3.62. The molecule has 0 aromatic rings. The van der Waals surface area contributed by atoms with E-state index >= 15 is 0 Å². The van der Waals surface area contributed by atoms with Gasteiger partial charge in [0.2, 0.25) is 0 Å². The topological polar surface area (TPSA) is 18.5 Å². The summed E-state index contributed by atoms with van der Waals surface area (Å²) in [5.74, 6) is 0. The fourth-order valence-corrected chi connectivity index (χ4v) is 3.33. The zero-order valence-electron chi connectivity index (χ0n) is 13.8. The van der Waals surface area contributed by atoms with Crippen LogP contribution in [0.25, 0.3) is 0 Å². The van der Waals surface area contributed by atoms with Gasteiger partial charge in [0.15, 0.2) is 0 Å². The third-order valence-electron chi connectivity index (χ3n) is 4.42. The Morgan fingerprint density at radius 2 is 1.95 bits per heavy atom. The standard InChI is InChI=1S/C16H35N3/c1-6-9-17-14(3)12-15(4)19-11-8-10-18(5)13-16(19)7-2/h14-17H,6-13H2,1-5H3. The van der Waals surface area contributed by atoms with Crippen LogP contribution in [0.4, 0.5) is 0 Å². The van der Waals surface area contributed by atoms with E-state index in [2.05, 4.69) is 49.9 Å². The highest BCUT2D eigenvalue weighted by Crippen LogP contribution is 2.18. The van der Waals surface area contributed by atoms with Crippen molar-refractivity contribution in [3.8, 4) is 0 Å². The van der Waals surface area contributed by atoms with Crippen LogP contribution in [0.1, 0.15) is 53.4 Å². The molecule has 0 amide bonds. The zero-order chi connectivity index (χ0) is 14.3. The van der Waals surface area contributed by atoms with Crippen molar-refractivity contribution in [1.82, 2.24) is 15.1 Å². The van der Waals surface area contributed by atoms with Crippen LogP contribution < -0.4 is 5.32 Å². The lowest BCUT2D eigenvalue weighted by molar-refractivity contribution is 0.124. The largest absolute Gasteiger partial charge is 0.314 e. The number of likely N-dealkylation sites (N-methyl/N-ethyl adjacent to an activating group) is 1. The minimum atomic E-state index is 0.633. The van der Waals surface area contributed by atoms with Crippen LogP contribution in [0.15, 0.2) is 0 Å². The minimum absolute atomic E-state index is 0.633. The summed E-state index contributed by atoms with van der Waals surface area (Å²) in [5.41, 5.74) is 0. The molecule has 3 nitrogen and oxygen atoms in total. The van der Waals surface area contributed by atoms with E-state index in [1.54, 1.807) is 0 Å². The molecule has 0 bridgehead atoms. The van der Waals surface area contributed by atoms with Gasteiger partial charge in [-0.15, -0.1) is 0 Å². The van der Waals surface area contributed by atoms with E-state index < -0.39 is 0 Å². The van der Waals surface area contributed by atoms with Crippen molar-refractivity contribution in [1.29, 1.82) is 0 Å². The number of rotatable bonds is 7. The van der Waals surface area contributed by atoms with Gasteiger partial charge in [-0.05, 0) is 66.2 Å². The van der Waals surface area contributed by atoms with Crippen molar-refractivity contribution >= 4 is 0 Å². The van der Waals surface area contributed by atoms with Gasteiger partial charge in [0.25, 0.3) is 0 Å². The Morgan fingerprint density at radius 1 is 1.21 bits per heavy atom. The van der Waals surface area contributed by atoms with Crippen LogP contribution in [0.5, 0.6) is 0 Å². The van der Waals surface area contributed by atoms with E-state index in [4.69, 9.17) is 0 Å². The molecule has 0 aromatic carbocycles. The maximum atomic E-state index is 3.62. The SMILES string of the molecule is CCCNC(C)CC(C)N1CCCN(C)CC1CC. The summed E-state index contributed by atoms with van der Waals surface area (Å²) in [6.07, 6.45) is 5.07. The first-order valence-electron chi connectivity index (χ1n) is 8.26. The summed E-state index contributed by atoms with van der Waals surface area (Å²) in [5, 5.41) is 3.62. The Balaban J connectivity index is 2.49. The molecule has 0 radical (unpaired) electrons. The van der Waals surface area contributed by atoms with Gasteiger partial charge in [-0.2, -0.15) is 0 Å². The fraction of sp³-hybridized carbons (Fsp3) is 1.00. The molecule has 1 fully saturated rings. The summed E-state index contributed by atoms with van der Waals surface area (Å²) >= 11 is 0. The highest BCUT2D eigenvalue weighted by molar-refractivity contribution is 4.83. The first kappa shape index (κ1) is 16.9. The monoisotopic (exact) mass is 269 g/mol. The fourth-order valence-electron chi connectivity index (χ4n) is 3.33. The van der Waals surface area contributed by atoms with Crippen molar-refractivity contribution in [2.45, 2.75) is 71.5 Å². The Labute approximate surface area is 120 Å². The van der Waals surface area contributed by atoms with Crippen molar-refractivity contribution in [2.24, 2.45) is 0 Å². The third kappa shape index (κ3) is 5.80. The van der Waals surface area contributed by atoms with E-state index in [1.165, 1.54) is 45.3 Å². The van der Waals surface area contributed by atoms with E-state index in [1.807, 2.05) is 0 Å². The van der Waals surface area contributed by atoms with Crippen molar-refractivity contribution in [3.05, 3.63) is 0 Å². The molecule has 1 rings (SSSR count). The first-order valence-corrected chi connectivity index (χ1v) is 8.26. The summed E-state index contributed by atoms with van der Waals surface area (Å²) < 4.78 is 0. The van der Waals surface area contributed by atoms with Crippen LogP contribution in [0, 0.1) is 0 Å². The van der Waals surface area contributed by atoms with Gasteiger partial charge in [-0.25, -0.2) is 0 Å². The molecule has 0 aromatic heterocycles. The Bertz CT molecular complexity index is 232. The second kappa shape index (κ2) is 8.93. The molecular formula is C16H35N3. The van der Waals surface area contributed by atoms with Gasteiger partial charge < -0.3 is 10.2 Å². The normalized spacial score (nSPS) is 26.1. The van der Waals surface area contributed by atoms with Crippen molar-refractivity contribution < 1.29 is 0 Å². The van der Waals surface area contributed by atoms with E-state index in [0.29, 0.717) is 12.1 Å². The lowest BCUT2D eigenvalue weighted by Gasteiger charge is -2.36. The molecule has 0 aliphatic carbocycles. The maximum Gasteiger partial charge on any atom is 0.0223 e. The molecule has 0 saturated carbocycles. The predicted octanol–water partition coefficient (Wildman–Crippen LogP) is 2.57. The Kier molecular flexibility index (Phi) is 7.96. The summed E-state index contributed by atoms with van der Waals surface area (Å²) in [4.78, 5) is 5.26. The lowest BCUT2D eigenvalue weighted by atomic mass is 10.0. The molecule has 3 heteroatoms. The van der Waals surface area contributed by atoms with Gasteiger partial charge in [0, 0.05) is 24.7 Å². The third-order valence-corrected chi connectivity index (χ3v) is 4.42. The zero-order valence-corrected chi connectivity index (χ0v) is 13.8. The van der Waals surface area contributed by atoms with Crippen LogP contribution in [0.3, 0.4) is 0 Å². The van der Waals surface area contributed by atoms with E-state index in [9.17, 15) is 0 Å². The van der Waals surface area contributed by atoms with E-state index in [0.717, 1.165) is 12.6 Å². The molecule has 3 unspecified atom stereocenters. The quantitative estimate of drug-likeness (QED) is 0.766. The van der Waals surface area contributed by atoms with Crippen LogP contribution in [-0.2, 0) is 0 Å². The van der Waals surface area contributed by atoms with Gasteiger partial charge in [0.1, 0.15) is 0 Å². The number of hydrogen-bond donors (Lipinski definition) is 1. The molecule has 1 saturated heterocycles. The summed E-state index contributed by atoms with van der Waals surface area (Å²) in [6, 6.07) is 2.06. The summed E-state index contributed by atoms with van der Waals surface area (Å²) in [7, 11) is 2.27. The van der Waals surface area contributed by atoms with Crippen LogP contribution >= 0.6 is 0 Å². The summed E-state index contributed by atoms with van der Waals surface area (Å²) in [6.45, 7) is 14.2. The Morgan fingerprint density at radius 3 is 2.58 bits per heavy atom. The second-order valence-corrected chi connectivity index (χ2v) is 6.36. The molecule has 1 aliphatic rings. The number of nitrogens with one attached hydrogen (secondary N) is 1. The molecule has 114 valence electrons. The minimum Gasteiger partial charge on any atom is -0.314 e. The van der Waals surface area contributed by atoms with E-state index in [-0.39, 0.29) is 0 Å². The van der Waals surface area contributed by atoms with Crippen molar-refractivity contribution in [2.75, 3.05) is 33.2 Å². The Hall–Kier alpha value is -0.120. The predicted molar refractivity (Wildman–Crippen MR) is 84.7 cm³/mol. The first-order chi connectivity index (χ1) is 9.08. The molecule has 0 spiro atoms. The van der Waals surface area contributed by atoms with Gasteiger partial charge in [-0.3, -0.25) is 4.90 Å². The number of nitrogens with zero attached hydrogens (tertiary/aromatic N) is 2. The molecular weight excluding hydrogens is 234 g/mol. The second-order valence-electron chi connectivity index (χ2n) is 6.36. The molecule has 1 heterocycles. The average molecular weight is 269 g/mol. The number of hydrogen-bond acceptors (Lipinski definition) is 3. The van der Waals surface area contributed by atoms with Crippen LogP contribution in [0.2, 0.25) is 0 Å². The average Bonchev–Trinajstić information content (AvgIpc) is 2.57. The molecule has 19 heavy (non-hydrogen) atoms. The highest BCUT2D eigenvalue weighted by Gasteiger charge is 2.26. The highest BCUT2D eigenvalue weighted by atomic mass is 15.2. The van der Waals surface area contributed by atoms with Gasteiger partial charge >= 0.3 is 0 Å². The lowest BCUT2D eigenvalue weighted by Crippen LogP contribution is -2.46. The van der Waals surface area contributed by atoms with Crippen LogP contribution in [-0.4, -0.2) is 61.2 Å². The molecule has 1 N–H and O–H groups in total. The molecule has 1 aliphatic heterocycles. The molecule has 3 atom stereocenters.